The van der Waals surface area contributed by atoms with E-state index in [1.165, 1.54) is 55.5 Å². The third kappa shape index (κ3) is 2.83. The average molecular weight is 399 g/mol. The molecule has 151 valence electrons. The van der Waals surface area contributed by atoms with Crippen LogP contribution in [0.25, 0.3) is 11.1 Å². The largest absolute Gasteiger partial charge is 0.148 e. The van der Waals surface area contributed by atoms with Crippen molar-refractivity contribution in [2.75, 3.05) is 0 Å². The molecule has 0 aliphatic heterocycles. The Bertz CT molecular complexity index is 1180. The topological polar surface area (TPSA) is 0 Å². The predicted molar refractivity (Wildman–Crippen MR) is 134 cm³/mol. The number of aryl methyl sites for hydroxylation is 3. The van der Waals surface area contributed by atoms with Crippen molar-refractivity contribution < 1.29 is 0 Å². The van der Waals surface area contributed by atoms with Gasteiger partial charge in [-0.1, -0.05) is 110 Å². The van der Waals surface area contributed by atoms with Gasteiger partial charge in [0.1, 0.15) is 7.28 Å². The zero-order valence-electron chi connectivity index (χ0n) is 18.9. The van der Waals surface area contributed by atoms with E-state index >= 15 is 0 Å². The van der Waals surface area contributed by atoms with Gasteiger partial charge in [0.25, 0.3) is 0 Å². The second-order valence-corrected chi connectivity index (χ2v) is 8.70. The monoisotopic (exact) mass is 399 g/mol. The van der Waals surface area contributed by atoms with Crippen molar-refractivity contribution >= 4 is 12.7 Å². The molecule has 0 aromatic heterocycles. The molecule has 0 nitrogen and oxygen atoms in total. The van der Waals surface area contributed by atoms with Crippen molar-refractivity contribution in [2.45, 2.75) is 39.4 Å². The van der Waals surface area contributed by atoms with Gasteiger partial charge in [-0.2, -0.15) is 0 Å². The third-order valence-electron chi connectivity index (χ3n) is 7.12. The summed E-state index contributed by atoms with van der Waals surface area (Å²) in [5, 5.41) is 0. The Morgan fingerprint density at radius 2 is 1.23 bits per heavy atom. The van der Waals surface area contributed by atoms with Gasteiger partial charge in [0.15, 0.2) is 0 Å². The Morgan fingerprint density at radius 3 is 1.74 bits per heavy atom. The fraction of sp³-hybridized carbons (Fsp3) is 0.200. The van der Waals surface area contributed by atoms with E-state index in [1.807, 2.05) is 0 Å². The normalized spacial score (nSPS) is 13.5. The molecule has 4 aromatic carbocycles. The predicted octanol–water partition coefficient (Wildman–Crippen LogP) is 6.61. The summed E-state index contributed by atoms with van der Waals surface area (Å²) < 4.78 is 0. The van der Waals surface area contributed by atoms with Crippen LogP contribution in [-0.2, 0) is 11.8 Å². The Balaban J connectivity index is 1.92. The Kier molecular flexibility index (Phi) is 4.86. The molecule has 1 aliphatic rings. The van der Waals surface area contributed by atoms with E-state index in [0.717, 1.165) is 6.42 Å². The summed E-state index contributed by atoms with van der Waals surface area (Å²) in [4.78, 5) is 0. The Hall–Kier alpha value is -3.06. The summed E-state index contributed by atoms with van der Waals surface area (Å²) in [6.07, 6.45) is 1.06. The van der Waals surface area contributed by atoms with E-state index in [1.54, 1.807) is 0 Å². The van der Waals surface area contributed by atoms with Gasteiger partial charge in [-0.25, -0.2) is 0 Å². The molecule has 0 saturated heterocycles. The maximum Gasteiger partial charge on any atom is 0.148 e. The lowest BCUT2D eigenvalue weighted by molar-refractivity contribution is 0.765. The van der Waals surface area contributed by atoms with Crippen LogP contribution in [0, 0.1) is 13.8 Å². The van der Waals surface area contributed by atoms with Crippen molar-refractivity contribution in [1.82, 2.24) is 0 Å². The third-order valence-corrected chi connectivity index (χ3v) is 7.12. The van der Waals surface area contributed by atoms with Crippen LogP contribution < -0.4 is 5.46 Å². The van der Waals surface area contributed by atoms with Crippen LogP contribution in [0.2, 0.25) is 6.82 Å². The summed E-state index contributed by atoms with van der Waals surface area (Å²) >= 11 is 0. The fourth-order valence-corrected chi connectivity index (χ4v) is 5.58. The van der Waals surface area contributed by atoms with Crippen LogP contribution in [0.3, 0.4) is 0 Å². The molecule has 0 fully saturated rings. The summed E-state index contributed by atoms with van der Waals surface area (Å²) in [6.45, 7) is 8.83. The van der Waals surface area contributed by atoms with E-state index < -0.39 is 0 Å². The van der Waals surface area contributed by atoms with E-state index in [9.17, 15) is 0 Å². The van der Waals surface area contributed by atoms with Gasteiger partial charge in [0.2, 0.25) is 0 Å². The molecule has 0 spiro atoms. The molecule has 0 saturated carbocycles. The standard InChI is InChI=1S/C30H28B/c1-5-22-14-15-23(18-20(22)2)30(24-16-17-29(31-4)21(3)19-24)27-12-8-6-10-25(27)26-11-7-9-13-28(26)30/h6-19H,5H2,1-4H3. The molecule has 1 aliphatic carbocycles. The highest BCUT2D eigenvalue weighted by molar-refractivity contribution is 6.52. The molecule has 0 amide bonds. The van der Waals surface area contributed by atoms with Crippen molar-refractivity contribution in [3.05, 3.63) is 124 Å². The number of benzene rings is 4. The average Bonchev–Trinajstić information content (AvgIpc) is 3.10. The number of hydrogen-bond acceptors (Lipinski definition) is 0. The SMILES string of the molecule is C[B]c1ccc(C2(c3ccc(CC)c(C)c3)c3ccccc3-c3ccccc32)cc1C. The molecule has 5 rings (SSSR count). The molecular weight excluding hydrogens is 371 g/mol. The molecule has 31 heavy (non-hydrogen) atoms. The van der Waals surface area contributed by atoms with Crippen LogP contribution in [0.15, 0.2) is 84.9 Å². The zero-order chi connectivity index (χ0) is 21.6. The van der Waals surface area contributed by atoms with E-state index in [4.69, 9.17) is 0 Å². The fourth-order valence-electron chi connectivity index (χ4n) is 5.58. The van der Waals surface area contributed by atoms with E-state index in [2.05, 4.69) is 120 Å². The molecule has 0 bridgehead atoms. The van der Waals surface area contributed by atoms with Gasteiger partial charge in [0, 0.05) is 0 Å². The minimum Gasteiger partial charge on any atom is -0.0872 e. The van der Waals surface area contributed by atoms with Crippen LogP contribution in [0.5, 0.6) is 0 Å². The molecular formula is C30H28B. The first kappa shape index (κ1) is 19.9. The summed E-state index contributed by atoms with van der Waals surface area (Å²) in [5.74, 6) is 0. The first-order valence-corrected chi connectivity index (χ1v) is 11.3. The number of fused-ring (bicyclic) bond motifs is 3. The minimum atomic E-state index is -0.304. The quantitative estimate of drug-likeness (QED) is 0.299. The summed E-state index contributed by atoms with van der Waals surface area (Å²) in [5.41, 5.74) is 13.3. The molecule has 4 aromatic rings. The van der Waals surface area contributed by atoms with Gasteiger partial charge in [-0.15, -0.1) is 0 Å². The zero-order valence-corrected chi connectivity index (χ0v) is 18.9. The van der Waals surface area contributed by atoms with Gasteiger partial charge in [-0.05, 0) is 64.8 Å². The van der Waals surface area contributed by atoms with Gasteiger partial charge in [-0.3, -0.25) is 0 Å². The summed E-state index contributed by atoms with van der Waals surface area (Å²) in [6, 6.07) is 32.1. The van der Waals surface area contributed by atoms with Crippen molar-refractivity contribution in [1.29, 1.82) is 0 Å². The highest BCUT2D eigenvalue weighted by Crippen LogP contribution is 2.56. The lowest BCUT2D eigenvalue weighted by Crippen LogP contribution is -2.30. The highest BCUT2D eigenvalue weighted by Gasteiger charge is 2.46. The summed E-state index contributed by atoms with van der Waals surface area (Å²) in [7, 11) is 2.20. The van der Waals surface area contributed by atoms with Crippen molar-refractivity contribution in [3.8, 4) is 11.1 Å². The number of hydrogen-bond donors (Lipinski definition) is 0. The van der Waals surface area contributed by atoms with Crippen LogP contribution in [0.1, 0.15) is 45.9 Å². The second-order valence-electron chi connectivity index (χ2n) is 8.70. The molecule has 0 N–H and O–H groups in total. The van der Waals surface area contributed by atoms with Crippen LogP contribution in [-0.4, -0.2) is 7.28 Å². The lowest BCUT2D eigenvalue weighted by atomic mass is 9.65. The van der Waals surface area contributed by atoms with Crippen LogP contribution in [0.4, 0.5) is 0 Å². The van der Waals surface area contributed by atoms with Gasteiger partial charge >= 0.3 is 0 Å². The lowest BCUT2D eigenvalue weighted by Gasteiger charge is -2.35. The van der Waals surface area contributed by atoms with E-state index in [-0.39, 0.29) is 5.41 Å². The molecule has 0 atom stereocenters. The van der Waals surface area contributed by atoms with Crippen molar-refractivity contribution in [2.24, 2.45) is 0 Å². The number of rotatable bonds is 4. The first-order chi connectivity index (χ1) is 15.1. The Labute approximate surface area is 187 Å². The van der Waals surface area contributed by atoms with Crippen LogP contribution >= 0.6 is 0 Å². The van der Waals surface area contributed by atoms with Gasteiger partial charge < -0.3 is 0 Å². The molecule has 0 heterocycles. The van der Waals surface area contributed by atoms with Gasteiger partial charge in [0.05, 0.1) is 5.41 Å². The molecule has 1 radical (unpaired) electrons. The first-order valence-electron chi connectivity index (χ1n) is 11.3. The van der Waals surface area contributed by atoms with E-state index in [0.29, 0.717) is 0 Å². The van der Waals surface area contributed by atoms with Crippen molar-refractivity contribution in [3.63, 3.8) is 0 Å². The highest BCUT2D eigenvalue weighted by atomic mass is 14.5. The maximum absolute atomic E-state index is 2.42. The maximum atomic E-state index is 2.42. The Morgan fingerprint density at radius 1 is 0.677 bits per heavy atom. The molecule has 1 heteroatoms. The second kappa shape index (κ2) is 7.57. The minimum absolute atomic E-state index is 0.304. The molecule has 0 unspecified atom stereocenters. The smallest absolute Gasteiger partial charge is 0.0872 e.